The third kappa shape index (κ3) is 6.17. The van der Waals surface area contributed by atoms with Crippen LogP contribution in [0.15, 0.2) is 59.8 Å². The first-order valence-electron chi connectivity index (χ1n) is 12.0. The summed E-state index contributed by atoms with van der Waals surface area (Å²) in [6, 6.07) is 13.3. The Balaban J connectivity index is 1.58. The molecular weight excluding hydrogens is 510 g/mol. The number of aromatic nitrogens is 2. The molecule has 9 nitrogen and oxygen atoms in total. The first kappa shape index (κ1) is 26.4. The summed E-state index contributed by atoms with van der Waals surface area (Å²) in [5, 5.41) is 6.72. The van der Waals surface area contributed by atoms with Gasteiger partial charge in [-0.15, -0.1) is 11.3 Å². The number of nitrogens with zero attached hydrogens (tertiary/aromatic N) is 2. The van der Waals surface area contributed by atoms with E-state index in [0.717, 1.165) is 44.8 Å². The van der Waals surface area contributed by atoms with Gasteiger partial charge in [0.1, 0.15) is 22.7 Å². The van der Waals surface area contributed by atoms with Crippen molar-refractivity contribution in [2.24, 2.45) is 0 Å². The van der Waals surface area contributed by atoms with E-state index in [1.54, 1.807) is 23.5 Å². The zero-order valence-corrected chi connectivity index (χ0v) is 22.5. The molecule has 0 unspecified atom stereocenters. The van der Waals surface area contributed by atoms with Crippen LogP contribution in [0, 0.1) is 6.92 Å². The highest BCUT2D eigenvalue weighted by Gasteiger charge is 2.19. The van der Waals surface area contributed by atoms with Crippen molar-refractivity contribution < 1.29 is 17.9 Å². The average Bonchev–Trinajstić information content (AvgIpc) is 3.22. The molecule has 0 aliphatic heterocycles. The van der Waals surface area contributed by atoms with Crippen molar-refractivity contribution in [3.05, 3.63) is 59.7 Å². The molecule has 0 bridgehead atoms. The number of unbranched alkanes of at least 4 members (excludes halogenated alkanes) is 1. The number of benzene rings is 2. The van der Waals surface area contributed by atoms with Crippen molar-refractivity contribution in [3.8, 4) is 16.9 Å². The topological polar surface area (TPSA) is 122 Å². The van der Waals surface area contributed by atoms with Crippen molar-refractivity contribution >= 4 is 49.1 Å². The van der Waals surface area contributed by atoms with Crippen LogP contribution in [0.5, 0.6) is 5.75 Å². The number of thiophene rings is 1. The summed E-state index contributed by atoms with van der Waals surface area (Å²) in [5.74, 6) is 1.42. The number of amides is 2. The van der Waals surface area contributed by atoms with E-state index >= 15 is 0 Å². The number of sulfonamides is 1. The molecule has 0 fully saturated rings. The lowest BCUT2D eigenvalue weighted by Crippen LogP contribution is -2.39. The second-order valence-electron chi connectivity index (χ2n) is 8.26. The van der Waals surface area contributed by atoms with Crippen LogP contribution in [0.3, 0.4) is 0 Å². The molecule has 2 aromatic heterocycles. The Morgan fingerprint density at radius 2 is 1.76 bits per heavy atom. The number of hydrogen-bond donors (Lipinski definition) is 3. The summed E-state index contributed by atoms with van der Waals surface area (Å²) >= 11 is 1.58. The molecule has 2 aromatic carbocycles. The maximum absolute atomic E-state index is 12.6. The SMILES string of the molecule is CCCCNC(=O)NS(=O)(=O)c1ccc(Nc2ncnc3sc(C)c(-c4ccc(OCC)cc4)c23)cc1. The molecule has 0 saturated heterocycles. The highest BCUT2D eigenvalue weighted by atomic mass is 32.2. The highest BCUT2D eigenvalue weighted by molar-refractivity contribution is 7.90. The fourth-order valence-corrected chi connectivity index (χ4v) is 5.76. The quantitative estimate of drug-likeness (QED) is 0.224. The molecule has 0 aliphatic rings. The molecule has 11 heteroatoms. The fraction of sp³-hybridized carbons (Fsp3) is 0.269. The first-order valence-corrected chi connectivity index (χ1v) is 14.3. The number of urea groups is 1. The van der Waals surface area contributed by atoms with Gasteiger partial charge in [0.15, 0.2) is 0 Å². The molecule has 0 saturated carbocycles. The number of hydrogen-bond acceptors (Lipinski definition) is 8. The van der Waals surface area contributed by atoms with Crippen LogP contribution in [0.1, 0.15) is 31.6 Å². The number of carbonyl (C=O) groups excluding carboxylic acids is 1. The van der Waals surface area contributed by atoms with E-state index in [1.165, 1.54) is 18.5 Å². The first-order chi connectivity index (χ1) is 17.8. The van der Waals surface area contributed by atoms with E-state index in [9.17, 15) is 13.2 Å². The van der Waals surface area contributed by atoms with E-state index in [4.69, 9.17) is 4.74 Å². The number of nitrogens with one attached hydrogen (secondary N) is 3. The smallest absolute Gasteiger partial charge is 0.328 e. The summed E-state index contributed by atoms with van der Waals surface area (Å²) in [6.07, 6.45) is 3.17. The molecule has 3 N–H and O–H groups in total. The highest BCUT2D eigenvalue weighted by Crippen LogP contribution is 2.41. The van der Waals surface area contributed by atoms with Gasteiger partial charge in [0.25, 0.3) is 10.0 Å². The molecule has 2 amide bonds. The van der Waals surface area contributed by atoms with Crippen molar-refractivity contribution in [3.63, 3.8) is 0 Å². The van der Waals surface area contributed by atoms with Crippen molar-refractivity contribution in [1.29, 1.82) is 0 Å². The van der Waals surface area contributed by atoms with E-state index in [-0.39, 0.29) is 4.90 Å². The Morgan fingerprint density at radius 3 is 2.43 bits per heavy atom. The number of carbonyl (C=O) groups is 1. The molecule has 0 aliphatic carbocycles. The number of rotatable bonds is 10. The minimum absolute atomic E-state index is 0.0158. The van der Waals surface area contributed by atoms with E-state index < -0.39 is 16.1 Å². The zero-order valence-electron chi connectivity index (χ0n) is 20.9. The Bertz CT molecular complexity index is 1480. The number of aryl methyl sites for hydroxylation is 1. The summed E-state index contributed by atoms with van der Waals surface area (Å²) in [5.41, 5.74) is 2.70. The van der Waals surface area contributed by atoms with Gasteiger partial charge in [-0.05, 0) is 62.2 Å². The molecule has 4 aromatic rings. The fourth-order valence-electron chi connectivity index (χ4n) is 3.82. The maximum atomic E-state index is 12.6. The molecule has 0 radical (unpaired) electrons. The molecular formula is C26H29N5O4S2. The molecule has 0 atom stereocenters. The zero-order chi connectivity index (χ0) is 26.4. The maximum Gasteiger partial charge on any atom is 0.328 e. The standard InChI is InChI=1S/C26H29N5O4S2/c1-4-6-15-27-26(32)31-37(33,34)21-13-9-19(10-14-21)30-24-23-22(17(3)36-25(23)29-16-28-24)18-7-11-20(12-8-18)35-5-2/h7-14,16H,4-6,15H2,1-3H3,(H2,27,31,32)(H,28,29,30). The van der Waals surface area contributed by atoms with Gasteiger partial charge in [0.05, 0.1) is 16.9 Å². The minimum Gasteiger partial charge on any atom is -0.494 e. The van der Waals surface area contributed by atoms with Crippen molar-refractivity contribution in [1.82, 2.24) is 20.0 Å². The monoisotopic (exact) mass is 539 g/mol. The third-order valence-corrected chi connectivity index (χ3v) is 7.95. The Kier molecular flexibility index (Phi) is 8.24. The lowest BCUT2D eigenvalue weighted by atomic mass is 10.0. The predicted molar refractivity (Wildman–Crippen MR) is 147 cm³/mol. The Morgan fingerprint density at radius 1 is 1.03 bits per heavy atom. The van der Waals surface area contributed by atoms with Gasteiger partial charge in [-0.1, -0.05) is 25.5 Å². The lowest BCUT2D eigenvalue weighted by molar-refractivity contribution is 0.245. The summed E-state index contributed by atoms with van der Waals surface area (Å²) < 4.78 is 32.7. The van der Waals surface area contributed by atoms with Crippen LogP contribution in [0.25, 0.3) is 21.3 Å². The Hall–Kier alpha value is -3.70. The summed E-state index contributed by atoms with van der Waals surface area (Å²) in [7, 11) is -3.99. The van der Waals surface area contributed by atoms with E-state index in [1.807, 2.05) is 49.8 Å². The van der Waals surface area contributed by atoms with Crippen LogP contribution < -0.4 is 20.1 Å². The number of anilines is 2. The second kappa shape index (κ2) is 11.6. The summed E-state index contributed by atoms with van der Waals surface area (Å²) in [4.78, 5) is 22.8. The van der Waals surface area contributed by atoms with Gasteiger partial charge in [-0.2, -0.15) is 0 Å². The van der Waals surface area contributed by atoms with Gasteiger partial charge in [-0.3, -0.25) is 0 Å². The lowest BCUT2D eigenvalue weighted by Gasteiger charge is -2.11. The van der Waals surface area contributed by atoms with Gasteiger partial charge < -0.3 is 15.4 Å². The van der Waals surface area contributed by atoms with E-state index in [2.05, 4.69) is 20.6 Å². The van der Waals surface area contributed by atoms with Crippen LogP contribution in [0.4, 0.5) is 16.3 Å². The molecule has 2 heterocycles. The summed E-state index contributed by atoms with van der Waals surface area (Å²) in [6.45, 7) is 6.99. The Labute approximate surface area is 220 Å². The van der Waals surface area contributed by atoms with Crippen molar-refractivity contribution in [2.75, 3.05) is 18.5 Å². The van der Waals surface area contributed by atoms with Crippen LogP contribution in [-0.4, -0.2) is 37.6 Å². The van der Waals surface area contributed by atoms with Crippen LogP contribution in [-0.2, 0) is 10.0 Å². The van der Waals surface area contributed by atoms with Crippen molar-refractivity contribution in [2.45, 2.75) is 38.5 Å². The van der Waals surface area contributed by atoms with Crippen LogP contribution >= 0.6 is 11.3 Å². The van der Waals surface area contributed by atoms with Gasteiger partial charge in [0, 0.05) is 22.7 Å². The molecule has 0 spiro atoms. The largest absolute Gasteiger partial charge is 0.494 e. The van der Waals surface area contributed by atoms with Gasteiger partial charge in [-0.25, -0.2) is 27.9 Å². The number of ether oxygens (including phenoxy) is 1. The normalized spacial score (nSPS) is 11.3. The second-order valence-corrected chi connectivity index (χ2v) is 11.1. The molecule has 194 valence electrons. The predicted octanol–water partition coefficient (Wildman–Crippen LogP) is 5.60. The average molecular weight is 540 g/mol. The van der Waals surface area contributed by atoms with Gasteiger partial charge >= 0.3 is 6.03 Å². The van der Waals surface area contributed by atoms with Crippen LogP contribution in [0.2, 0.25) is 0 Å². The van der Waals surface area contributed by atoms with Gasteiger partial charge in [0.2, 0.25) is 0 Å². The minimum atomic E-state index is -3.99. The number of fused-ring (bicyclic) bond motifs is 1. The molecule has 37 heavy (non-hydrogen) atoms. The van der Waals surface area contributed by atoms with E-state index in [0.29, 0.717) is 24.7 Å². The molecule has 4 rings (SSSR count). The third-order valence-electron chi connectivity index (χ3n) is 5.59.